The molecule has 4 rings (SSSR count). The molecule has 5 heteroatoms. The number of nitrogens with zero attached hydrogens (tertiary/aromatic N) is 2. The van der Waals surface area contributed by atoms with Gasteiger partial charge in [0.15, 0.2) is 5.11 Å². The van der Waals surface area contributed by atoms with Crippen molar-refractivity contribution in [2.45, 2.75) is 25.7 Å². The Morgan fingerprint density at radius 3 is 2.84 bits per heavy atom. The third-order valence-electron chi connectivity index (χ3n) is 4.89. The summed E-state index contributed by atoms with van der Waals surface area (Å²) in [5.41, 5.74) is 4.43. The maximum Gasteiger partial charge on any atom is 0.173 e. The predicted molar refractivity (Wildman–Crippen MR) is 107 cm³/mol. The number of likely N-dealkylation sites (tertiary alicyclic amines) is 1. The smallest absolute Gasteiger partial charge is 0.173 e. The van der Waals surface area contributed by atoms with Gasteiger partial charge in [0, 0.05) is 24.7 Å². The third kappa shape index (κ3) is 3.37. The summed E-state index contributed by atoms with van der Waals surface area (Å²) in [6.45, 7) is 3.99. The van der Waals surface area contributed by atoms with Crippen LogP contribution >= 0.6 is 12.2 Å². The van der Waals surface area contributed by atoms with E-state index in [1.54, 1.807) is 0 Å². The highest BCUT2D eigenvalue weighted by Gasteiger charge is 2.25. The van der Waals surface area contributed by atoms with Crippen LogP contribution in [0.25, 0.3) is 11.0 Å². The highest BCUT2D eigenvalue weighted by atomic mass is 32.1. The van der Waals surface area contributed by atoms with E-state index in [1.807, 2.05) is 24.3 Å². The van der Waals surface area contributed by atoms with Crippen molar-refractivity contribution in [2.24, 2.45) is 0 Å². The summed E-state index contributed by atoms with van der Waals surface area (Å²) in [7, 11) is 0. The Morgan fingerprint density at radius 1 is 1.20 bits per heavy atom. The van der Waals surface area contributed by atoms with Crippen molar-refractivity contribution < 1.29 is 0 Å². The molecule has 3 aromatic rings. The van der Waals surface area contributed by atoms with Crippen LogP contribution in [0.2, 0.25) is 0 Å². The van der Waals surface area contributed by atoms with E-state index in [1.165, 1.54) is 5.56 Å². The average Bonchev–Trinajstić information content (AvgIpc) is 3.08. The molecule has 2 aromatic carbocycles. The zero-order valence-corrected chi connectivity index (χ0v) is 15.1. The SMILES string of the molecule is Cc1ccccc1NC(=S)N1CCC[C@@H](c2nc3ccccc3[nH]2)C1. The fraction of sp³-hybridized carbons (Fsp3) is 0.300. The van der Waals surface area contributed by atoms with Gasteiger partial charge in [-0.25, -0.2) is 4.98 Å². The molecule has 0 amide bonds. The number of aromatic nitrogens is 2. The fourth-order valence-electron chi connectivity index (χ4n) is 3.46. The minimum atomic E-state index is 0.387. The van der Waals surface area contributed by atoms with Gasteiger partial charge in [0.1, 0.15) is 5.82 Å². The summed E-state index contributed by atoms with van der Waals surface area (Å²) in [5, 5.41) is 4.21. The van der Waals surface area contributed by atoms with Gasteiger partial charge < -0.3 is 15.2 Å². The summed E-state index contributed by atoms with van der Waals surface area (Å²) in [6, 6.07) is 16.4. The van der Waals surface area contributed by atoms with Crippen molar-refractivity contribution in [3.8, 4) is 0 Å². The first-order chi connectivity index (χ1) is 12.2. The van der Waals surface area contributed by atoms with Gasteiger partial charge >= 0.3 is 0 Å². The van der Waals surface area contributed by atoms with Crippen LogP contribution in [-0.4, -0.2) is 33.1 Å². The van der Waals surface area contributed by atoms with Gasteiger partial charge in [0.25, 0.3) is 0 Å². The first-order valence-corrected chi connectivity index (χ1v) is 9.18. The van der Waals surface area contributed by atoms with Gasteiger partial charge in [0.05, 0.1) is 11.0 Å². The van der Waals surface area contributed by atoms with E-state index in [4.69, 9.17) is 17.2 Å². The topological polar surface area (TPSA) is 44.0 Å². The second-order valence-electron chi connectivity index (χ2n) is 6.67. The van der Waals surface area contributed by atoms with Crippen molar-refractivity contribution in [2.75, 3.05) is 18.4 Å². The summed E-state index contributed by atoms with van der Waals surface area (Å²) >= 11 is 5.67. The van der Waals surface area contributed by atoms with Gasteiger partial charge in [-0.15, -0.1) is 0 Å². The third-order valence-corrected chi connectivity index (χ3v) is 5.25. The van der Waals surface area contributed by atoms with Crippen molar-refractivity contribution in [1.82, 2.24) is 14.9 Å². The molecular weight excluding hydrogens is 328 g/mol. The number of thiocarbonyl (C=S) groups is 1. The highest BCUT2D eigenvalue weighted by Crippen LogP contribution is 2.27. The van der Waals surface area contributed by atoms with E-state index in [2.05, 4.69) is 46.4 Å². The lowest BCUT2D eigenvalue weighted by atomic mass is 9.98. The molecule has 128 valence electrons. The van der Waals surface area contributed by atoms with Gasteiger partial charge in [-0.3, -0.25) is 0 Å². The lowest BCUT2D eigenvalue weighted by Gasteiger charge is -2.34. The largest absolute Gasteiger partial charge is 0.348 e. The first kappa shape index (κ1) is 16.1. The fourth-order valence-corrected chi connectivity index (χ4v) is 3.73. The van der Waals surface area contributed by atoms with Crippen molar-refractivity contribution in [3.63, 3.8) is 0 Å². The number of piperidine rings is 1. The molecule has 1 atom stereocenters. The second kappa shape index (κ2) is 6.84. The molecular formula is C20H22N4S. The van der Waals surface area contributed by atoms with Gasteiger partial charge in [0.2, 0.25) is 0 Å². The van der Waals surface area contributed by atoms with E-state index in [9.17, 15) is 0 Å². The summed E-state index contributed by atoms with van der Waals surface area (Å²) in [6.07, 6.45) is 2.26. The molecule has 0 unspecified atom stereocenters. The molecule has 0 radical (unpaired) electrons. The Labute approximate surface area is 153 Å². The number of fused-ring (bicyclic) bond motifs is 1. The second-order valence-corrected chi connectivity index (χ2v) is 7.06. The first-order valence-electron chi connectivity index (χ1n) is 8.77. The van der Waals surface area contributed by atoms with Crippen LogP contribution in [0.5, 0.6) is 0 Å². The van der Waals surface area contributed by atoms with E-state index in [-0.39, 0.29) is 0 Å². The summed E-state index contributed by atoms with van der Waals surface area (Å²) in [5.74, 6) is 1.46. The number of anilines is 1. The van der Waals surface area contributed by atoms with Crippen LogP contribution in [0.4, 0.5) is 5.69 Å². The molecule has 0 spiro atoms. The molecule has 0 bridgehead atoms. The molecule has 25 heavy (non-hydrogen) atoms. The Morgan fingerprint density at radius 2 is 2.00 bits per heavy atom. The van der Waals surface area contributed by atoms with E-state index in [0.717, 1.165) is 53.6 Å². The number of benzene rings is 2. The van der Waals surface area contributed by atoms with Gasteiger partial charge in [-0.05, 0) is 55.7 Å². The van der Waals surface area contributed by atoms with E-state index < -0.39 is 0 Å². The Kier molecular flexibility index (Phi) is 4.40. The number of nitrogens with one attached hydrogen (secondary N) is 2. The lowest BCUT2D eigenvalue weighted by Crippen LogP contribution is -2.41. The van der Waals surface area contributed by atoms with Crippen molar-refractivity contribution in [1.29, 1.82) is 0 Å². The molecule has 4 nitrogen and oxygen atoms in total. The Balaban J connectivity index is 1.48. The number of H-pyrrole nitrogens is 1. The normalized spacial score (nSPS) is 17.6. The average molecular weight is 350 g/mol. The molecule has 1 fully saturated rings. The maximum absolute atomic E-state index is 5.67. The Hall–Kier alpha value is -2.40. The molecule has 1 aromatic heterocycles. The molecule has 2 N–H and O–H groups in total. The number of aryl methyl sites for hydroxylation is 1. The molecule has 1 saturated heterocycles. The zero-order valence-electron chi connectivity index (χ0n) is 14.3. The predicted octanol–water partition coefficient (Wildman–Crippen LogP) is 4.45. The highest BCUT2D eigenvalue weighted by molar-refractivity contribution is 7.80. The quantitative estimate of drug-likeness (QED) is 0.670. The van der Waals surface area contributed by atoms with E-state index >= 15 is 0 Å². The summed E-state index contributed by atoms with van der Waals surface area (Å²) < 4.78 is 0. The van der Waals surface area contributed by atoms with Crippen LogP contribution in [0.1, 0.15) is 30.1 Å². The molecule has 1 aliphatic rings. The minimum Gasteiger partial charge on any atom is -0.348 e. The van der Waals surface area contributed by atoms with Gasteiger partial charge in [-0.2, -0.15) is 0 Å². The number of hydrogen-bond donors (Lipinski definition) is 2. The number of imidazole rings is 1. The number of hydrogen-bond acceptors (Lipinski definition) is 2. The molecule has 1 aliphatic heterocycles. The van der Waals surface area contributed by atoms with Crippen molar-refractivity contribution in [3.05, 3.63) is 59.9 Å². The number of rotatable bonds is 2. The van der Waals surface area contributed by atoms with Crippen LogP contribution in [0.15, 0.2) is 48.5 Å². The minimum absolute atomic E-state index is 0.387. The van der Waals surface area contributed by atoms with E-state index in [0.29, 0.717) is 5.92 Å². The van der Waals surface area contributed by atoms with Crippen LogP contribution in [0, 0.1) is 6.92 Å². The summed E-state index contributed by atoms with van der Waals surface area (Å²) in [4.78, 5) is 10.5. The molecule has 0 saturated carbocycles. The number of para-hydroxylation sites is 3. The maximum atomic E-state index is 5.67. The Bertz CT molecular complexity index is 868. The van der Waals surface area contributed by atoms with Gasteiger partial charge in [-0.1, -0.05) is 30.3 Å². The number of aromatic amines is 1. The molecule has 0 aliphatic carbocycles. The van der Waals surface area contributed by atoms with Crippen molar-refractivity contribution >= 4 is 34.1 Å². The lowest BCUT2D eigenvalue weighted by molar-refractivity contribution is 0.307. The monoisotopic (exact) mass is 350 g/mol. The van der Waals surface area contributed by atoms with Crippen LogP contribution in [0.3, 0.4) is 0 Å². The molecule has 2 heterocycles. The van der Waals surface area contributed by atoms with Crippen LogP contribution < -0.4 is 5.32 Å². The standard InChI is InChI=1S/C20H22N4S/c1-14-7-2-3-9-16(14)23-20(25)24-12-6-8-15(13-24)19-21-17-10-4-5-11-18(17)22-19/h2-5,7,9-11,15H,6,8,12-13H2,1H3,(H,21,22)(H,23,25)/t15-/m1/s1. The zero-order chi connectivity index (χ0) is 17.2. The van der Waals surface area contributed by atoms with Crippen LogP contribution in [-0.2, 0) is 0 Å².